The van der Waals surface area contributed by atoms with Gasteiger partial charge in [0.05, 0.1) is 6.42 Å². The average molecular weight is 574 g/mol. The van der Waals surface area contributed by atoms with Crippen LogP contribution in [0.3, 0.4) is 0 Å². The number of aromatic nitrogens is 1. The summed E-state index contributed by atoms with van der Waals surface area (Å²) in [5, 5.41) is 9.62. The van der Waals surface area contributed by atoms with E-state index in [0.29, 0.717) is 5.57 Å². The molecule has 1 aromatic heterocycles. The van der Waals surface area contributed by atoms with Gasteiger partial charge < -0.3 is 24.1 Å². The minimum atomic E-state index is -1.47. The molecule has 2 aliphatic heterocycles. The van der Waals surface area contributed by atoms with E-state index in [1.807, 2.05) is 0 Å². The number of alkyl halides is 1. The smallest absolute Gasteiger partial charge is 0.413 e. The Morgan fingerprint density at radius 3 is 2.78 bits per heavy atom. The molecule has 3 rings (SSSR count). The first-order chi connectivity index (χ1) is 17.4. The molecule has 1 aromatic rings. The topological polar surface area (TPSA) is 172 Å². The highest BCUT2D eigenvalue weighted by Crippen LogP contribution is 2.32. The molecule has 1 saturated heterocycles. The first kappa shape index (κ1) is 28.8. The van der Waals surface area contributed by atoms with Crippen LogP contribution in [0, 0.1) is 0 Å². The fraction of sp³-hybridized carbons (Fsp3) is 0.500. The van der Waals surface area contributed by atoms with Crippen molar-refractivity contribution in [2.24, 2.45) is 5.16 Å². The van der Waals surface area contributed by atoms with Gasteiger partial charge in [-0.2, -0.15) is 0 Å². The number of rotatable bonds is 9. The zero-order valence-electron chi connectivity index (χ0n) is 20.4. The number of ether oxygens (including phenoxy) is 1. The number of carbonyl (C=O) groups is 4. The van der Waals surface area contributed by atoms with Crippen LogP contribution >= 0.6 is 22.9 Å². The van der Waals surface area contributed by atoms with E-state index >= 15 is 0 Å². The standard InChI is InChI=1S/C20H25BClN5O8S2/c1-20(2,3)34-19(31)25-18-23-11(8-36-18)13(26-33-5-4-12(28)35-21)15(29)24-14-16(30)27-7-10(6-22)9-37(32)17(14)27/h7-8,14,17H,4-6,9,21H2,1-3H3,(H,24,29)(H,23,25,31)/b26-13-/t14-,17-,37?/m1/s1. The normalized spacial score (nSPS) is 21.3. The molecule has 200 valence electrons. The lowest BCUT2D eigenvalue weighted by Crippen LogP contribution is -2.73. The van der Waals surface area contributed by atoms with Crippen molar-refractivity contribution in [1.29, 1.82) is 0 Å². The summed E-state index contributed by atoms with van der Waals surface area (Å²) in [6.45, 7) is 4.92. The Bertz CT molecular complexity index is 1120. The lowest BCUT2D eigenvalue weighted by molar-refractivity contribution is -0.144. The second kappa shape index (κ2) is 12.2. The van der Waals surface area contributed by atoms with Crippen LogP contribution in [0.2, 0.25) is 0 Å². The molecule has 1 fully saturated rings. The maximum atomic E-state index is 13.1. The summed E-state index contributed by atoms with van der Waals surface area (Å²) in [6, 6.07) is -1.06. The van der Waals surface area contributed by atoms with E-state index in [1.54, 1.807) is 27.0 Å². The van der Waals surface area contributed by atoms with Crippen molar-refractivity contribution < 1.29 is 38.0 Å². The number of hydrogen-bond donors (Lipinski definition) is 2. The number of nitrogens with zero attached hydrogens (tertiary/aromatic N) is 3. The highest BCUT2D eigenvalue weighted by molar-refractivity contribution is 7.92. The average Bonchev–Trinajstić information content (AvgIpc) is 3.27. The number of anilines is 1. The van der Waals surface area contributed by atoms with E-state index in [9.17, 15) is 23.7 Å². The van der Waals surface area contributed by atoms with Gasteiger partial charge in [-0.05, 0) is 31.9 Å². The molecule has 0 spiro atoms. The van der Waals surface area contributed by atoms with E-state index in [1.165, 1.54) is 18.3 Å². The largest absolute Gasteiger partial charge is 0.614 e. The Kier molecular flexibility index (Phi) is 9.44. The molecule has 3 amide bonds. The molecule has 0 aromatic carbocycles. The first-order valence-corrected chi connectivity index (χ1v) is 13.7. The Morgan fingerprint density at radius 1 is 1.41 bits per heavy atom. The van der Waals surface area contributed by atoms with Crippen LogP contribution in [-0.4, -0.2) is 87.3 Å². The van der Waals surface area contributed by atoms with E-state index in [0.717, 1.165) is 11.3 Å². The van der Waals surface area contributed by atoms with Crippen molar-refractivity contribution >= 4 is 76.9 Å². The minimum absolute atomic E-state index is 0.0318. The van der Waals surface area contributed by atoms with Crippen LogP contribution in [0.1, 0.15) is 32.9 Å². The molecule has 2 N–H and O–H groups in total. The van der Waals surface area contributed by atoms with Crippen molar-refractivity contribution in [3.63, 3.8) is 0 Å². The number of halogens is 1. The molecule has 2 aliphatic rings. The van der Waals surface area contributed by atoms with Crippen LogP contribution in [-0.2, 0) is 39.8 Å². The van der Waals surface area contributed by atoms with Gasteiger partial charge in [0.15, 0.2) is 16.9 Å². The predicted octanol–water partition coefficient (Wildman–Crippen LogP) is 0.230. The van der Waals surface area contributed by atoms with Crippen LogP contribution in [0.4, 0.5) is 9.93 Å². The molecule has 1 unspecified atom stereocenters. The molecule has 37 heavy (non-hydrogen) atoms. The van der Waals surface area contributed by atoms with Gasteiger partial charge in [0.25, 0.3) is 17.8 Å². The number of fused-ring (bicyclic) bond motifs is 1. The number of amides is 3. The minimum Gasteiger partial charge on any atom is -0.614 e. The van der Waals surface area contributed by atoms with E-state index in [2.05, 4.69) is 25.4 Å². The van der Waals surface area contributed by atoms with Crippen molar-refractivity contribution in [1.82, 2.24) is 15.2 Å². The van der Waals surface area contributed by atoms with Gasteiger partial charge in [-0.3, -0.25) is 24.6 Å². The number of β-lactam (4-membered cyclic amide) rings is 1. The van der Waals surface area contributed by atoms with E-state index < -0.39 is 52.1 Å². The van der Waals surface area contributed by atoms with Crippen LogP contribution in [0.25, 0.3) is 0 Å². The summed E-state index contributed by atoms with van der Waals surface area (Å²) in [5.41, 5.74) is -0.359. The Hall–Kier alpha value is -2.82. The fourth-order valence-electron chi connectivity index (χ4n) is 3.20. The van der Waals surface area contributed by atoms with Crippen LogP contribution < -0.4 is 10.6 Å². The summed E-state index contributed by atoms with van der Waals surface area (Å²) < 4.78 is 22.3. The lowest BCUT2D eigenvalue weighted by Gasteiger charge is -2.46. The first-order valence-electron chi connectivity index (χ1n) is 10.9. The summed E-state index contributed by atoms with van der Waals surface area (Å²) in [6.07, 6.45) is 0.684. The second-order valence-corrected chi connectivity index (χ2v) is 11.5. The van der Waals surface area contributed by atoms with E-state index in [4.69, 9.17) is 21.2 Å². The predicted molar refractivity (Wildman–Crippen MR) is 138 cm³/mol. The summed E-state index contributed by atoms with van der Waals surface area (Å²) in [4.78, 5) is 59.7. The molecular formula is C20H25BClN5O8S2. The molecule has 0 saturated carbocycles. The second-order valence-electron chi connectivity index (χ2n) is 8.80. The van der Waals surface area contributed by atoms with E-state index in [-0.39, 0.29) is 41.2 Å². The molecular weight excluding hydrogens is 549 g/mol. The van der Waals surface area contributed by atoms with Gasteiger partial charge in [-0.15, -0.1) is 22.9 Å². The maximum Gasteiger partial charge on any atom is 0.413 e. The number of nitrogens with one attached hydrogen (secondary N) is 2. The van der Waals surface area contributed by atoms with Crippen molar-refractivity contribution in [2.45, 2.75) is 44.2 Å². The SMILES string of the molecule is BOC(=O)CCO/N=C(\C(=O)N[C@@H]1C(=O)N2C=C(CCl)C[S+]([O-])[C@H]12)c1csc(NC(=O)OC(C)(C)C)n1. The Balaban J connectivity index is 1.75. The molecule has 0 radical (unpaired) electrons. The molecule has 0 bridgehead atoms. The number of thiazole rings is 1. The molecule has 17 heteroatoms. The summed E-state index contributed by atoms with van der Waals surface area (Å²) in [5.74, 6) is -1.49. The Labute approximate surface area is 225 Å². The van der Waals surface area contributed by atoms with Crippen molar-refractivity contribution in [2.75, 3.05) is 23.6 Å². The third kappa shape index (κ3) is 7.37. The maximum absolute atomic E-state index is 13.1. The number of oxime groups is 1. The summed E-state index contributed by atoms with van der Waals surface area (Å²) >= 11 is 5.34. The number of hydrogen-bond acceptors (Lipinski definition) is 11. The lowest BCUT2D eigenvalue weighted by atomic mass is 10.1. The monoisotopic (exact) mass is 573 g/mol. The quantitative estimate of drug-likeness (QED) is 0.0798. The van der Waals surface area contributed by atoms with Gasteiger partial charge in [0, 0.05) is 23.0 Å². The third-order valence-corrected chi connectivity index (χ3v) is 7.60. The number of carbonyl (C=O) groups excluding carboxylic acids is 4. The van der Waals surface area contributed by atoms with Gasteiger partial charge >= 0.3 is 14.1 Å². The zero-order chi connectivity index (χ0) is 27.3. The van der Waals surface area contributed by atoms with Crippen molar-refractivity contribution in [3.05, 3.63) is 22.8 Å². The van der Waals surface area contributed by atoms with Gasteiger partial charge in [0.1, 0.15) is 23.7 Å². The molecule has 13 nitrogen and oxygen atoms in total. The van der Waals surface area contributed by atoms with Gasteiger partial charge in [0.2, 0.25) is 5.37 Å². The highest BCUT2D eigenvalue weighted by atomic mass is 35.5. The fourth-order valence-corrected chi connectivity index (χ4v) is 5.77. The molecule has 3 heterocycles. The molecule has 3 atom stereocenters. The van der Waals surface area contributed by atoms with Crippen molar-refractivity contribution in [3.8, 4) is 0 Å². The van der Waals surface area contributed by atoms with Crippen LogP contribution in [0.15, 0.2) is 22.3 Å². The summed E-state index contributed by atoms with van der Waals surface area (Å²) in [7, 11) is 1.22. The van der Waals surface area contributed by atoms with Gasteiger partial charge in [-0.1, -0.05) is 5.16 Å². The highest BCUT2D eigenvalue weighted by Gasteiger charge is 2.57. The van der Waals surface area contributed by atoms with Crippen LogP contribution in [0.5, 0.6) is 0 Å². The zero-order valence-corrected chi connectivity index (χ0v) is 22.8. The molecule has 0 aliphatic carbocycles. The van der Waals surface area contributed by atoms with Gasteiger partial charge in [-0.25, -0.2) is 9.78 Å². The third-order valence-electron chi connectivity index (χ3n) is 4.81. The Morgan fingerprint density at radius 2 is 2.14 bits per heavy atom.